The highest BCUT2D eigenvalue weighted by molar-refractivity contribution is 5.84. The molecule has 0 saturated heterocycles. The van der Waals surface area contributed by atoms with Gasteiger partial charge in [-0.2, -0.15) is 0 Å². The molecule has 130 valence electrons. The monoisotopic (exact) mass is 340 g/mol. The van der Waals surface area contributed by atoms with Gasteiger partial charge in [0.1, 0.15) is 0 Å². The first-order chi connectivity index (χ1) is 12.2. The molecule has 1 aromatic heterocycles. The predicted molar refractivity (Wildman–Crippen MR) is 96.2 cm³/mol. The summed E-state index contributed by atoms with van der Waals surface area (Å²) in [6.45, 7) is 2.10. The van der Waals surface area contributed by atoms with Crippen molar-refractivity contribution in [3.05, 3.63) is 69.9 Å². The van der Waals surface area contributed by atoms with Crippen molar-refractivity contribution in [2.75, 3.05) is 20.3 Å². The van der Waals surface area contributed by atoms with Gasteiger partial charge in [-0.15, -0.1) is 0 Å². The molecule has 0 saturated carbocycles. The first-order valence-corrected chi connectivity index (χ1v) is 8.13. The second-order valence-corrected chi connectivity index (χ2v) is 5.67. The SMILES string of the molecule is CCOc1c(OC)cccc1C(C[N+](=O)[O-])c1c[nH]c2ccccc12. The van der Waals surface area contributed by atoms with Crippen LogP contribution < -0.4 is 9.47 Å². The third kappa shape index (κ3) is 3.28. The van der Waals surface area contributed by atoms with Gasteiger partial charge in [0, 0.05) is 27.6 Å². The predicted octanol–water partition coefficient (Wildman–Crippen LogP) is 3.98. The van der Waals surface area contributed by atoms with Gasteiger partial charge in [-0.1, -0.05) is 30.3 Å². The Morgan fingerprint density at radius 2 is 1.96 bits per heavy atom. The summed E-state index contributed by atoms with van der Waals surface area (Å²) in [5, 5.41) is 12.3. The van der Waals surface area contributed by atoms with Crippen LogP contribution in [0.3, 0.4) is 0 Å². The summed E-state index contributed by atoms with van der Waals surface area (Å²) in [6.07, 6.45) is 1.84. The molecule has 0 amide bonds. The fourth-order valence-corrected chi connectivity index (χ4v) is 3.16. The average Bonchev–Trinajstić information content (AvgIpc) is 3.04. The Hall–Kier alpha value is -3.02. The standard InChI is InChI=1S/C19H20N2O4/c1-3-25-19-14(8-6-10-18(19)24-2)16(12-21(22)23)15-11-20-17-9-5-4-7-13(15)17/h4-11,16,20H,3,12H2,1-2H3. The minimum absolute atomic E-state index is 0.227. The zero-order valence-corrected chi connectivity index (χ0v) is 14.2. The molecule has 0 bridgehead atoms. The third-order valence-corrected chi connectivity index (χ3v) is 4.22. The van der Waals surface area contributed by atoms with Gasteiger partial charge in [0.05, 0.1) is 19.6 Å². The summed E-state index contributed by atoms with van der Waals surface area (Å²) in [5.74, 6) is 0.694. The molecular weight excluding hydrogens is 320 g/mol. The molecule has 0 aliphatic heterocycles. The van der Waals surface area contributed by atoms with Crippen molar-refractivity contribution in [2.45, 2.75) is 12.8 Å². The smallest absolute Gasteiger partial charge is 0.214 e. The molecule has 3 rings (SSSR count). The lowest BCUT2D eigenvalue weighted by atomic mass is 9.90. The number of aromatic nitrogens is 1. The van der Waals surface area contributed by atoms with E-state index in [0.717, 1.165) is 22.0 Å². The summed E-state index contributed by atoms with van der Waals surface area (Å²) < 4.78 is 11.2. The number of hydrogen-bond acceptors (Lipinski definition) is 4. The lowest BCUT2D eigenvalue weighted by Crippen LogP contribution is -2.15. The maximum absolute atomic E-state index is 11.4. The van der Waals surface area contributed by atoms with Crippen LogP contribution in [0.2, 0.25) is 0 Å². The van der Waals surface area contributed by atoms with E-state index in [0.29, 0.717) is 18.1 Å². The van der Waals surface area contributed by atoms with E-state index in [4.69, 9.17) is 9.47 Å². The van der Waals surface area contributed by atoms with Crippen LogP contribution in [-0.4, -0.2) is 30.2 Å². The number of nitrogens with zero attached hydrogens (tertiary/aromatic N) is 1. The van der Waals surface area contributed by atoms with Crippen molar-refractivity contribution in [1.29, 1.82) is 0 Å². The summed E-state index contributed by atoms with van der Waals surface area (Å²) in [7, 11) is 1.57. The molecule has 2 aromatic carbocycles. The Balaban J connectivity index is 2.19. The van der Waals surface area contributed by atoms with Crippen molar-refractivity contribution in [3.63, 3.8) is 0 Å². The fraction of sp³-hybridized carbons (Fsp3) is 0.263. The van der Waals surface area contributed by atoms with Gasteiger partial charge in [0.2, 0.25) is 6.54 Å². The molecule has 0 radical (unpaired) electrons. The van der Waals surface area contributed by atoms with E-state index in [2.05, 4.69) is 4.98 Å². The number of nitrogens with one attached hydrogen (secondary N) is 1. The quantitative estimate of drug-likeness (QED) is 0.521. The van der Waals surface area contributed by atoms with E-state index in [-0.39, 0.29) is 11.5 Å². The van der Waals surface area contributed by atoms with Crippen molar-refractivity contribution in [3.8, 4) is 11.5 Å². The zero-order chi connectivity index (χ0) is 17.8. The molecule has 1 N–H and O–H groups in total. The Labute approximate surface area is 145 Å². The minimum Gasteiger partial charge on any atom is -0.493 e. The van der Waals surface area contributed by atoms with Crippen LogP contribution in [0.25, 0.3) is 10.9 Å². The highest BCUT2D eigenvalue weighted by Gasteiger charge is 2.27. The third-order valence-electron chi connectivity index (χ3n) is 4.22. The van der Waals surface area contributed by atoms with Gasteiger partial charge < -0.3 is 14.5 Å². The number of rotatable bonds is 7. The van der Waals surface area contributed by atoms with Crippen LogP contribution in [0.4, 0.5) is 0 Å². The highest BCUT2D eigenvalue weighted by Crippen LogP contribution is 2.40. The molecule has 0 aliphatic rings. The molecule has 25 heavy (non-hydrogen) atoms. The van der Waals surface area contributed by atoms with Crippen molar-refractivity contribution in [1.82, 2.24) is 4.98 Å². The largest absolute Gasteiger partial charge is 0.493 e. The van der Waals surface area contributed by atoms with E-state index in [1.54, 1.807) is 13.2 Å². The fourth-order valence-electron chi connectivity index (χ4n) is 3.16. The molecular formula is C19H20N2O4. The second-order valence-electron chi connectivity index (χ2n) is 5.67. The Bertz CT molecular complexity index is 888. The lowest BCUT2D eigenvalue weighted by molar-refractivity contribution is -0.481. The summed E-state index contributed by atoms with van der Waals surface area (Å²) in [5.41, 5.74) is 2.58. The molecule has 1 unspecified atom stereocenters. The first kappa shape index (κ1) is 16.8. The number of hydrogen-bond donors (Lipinski definition) is 1. The van der Waals surface area contributed by atoms with Crippen LogP contribution >= 0.6 is 0 Å². The number of H-pyrrole nitrogens is 1. The van der Waals surface area contributed by atoms with Gasteiger partial charge in [-0.3, -0.25) is 10.1 Å². The van der Waals surface area contributed by atoms with Crippen LogP contribution in [0.15, 0.2) is 48.7 Å². The highest BCUT2D eigenvalue weighted by atomic mass is 16.6. The molecule has 1 heterocycles. The topological polar surface area (TPSA) is 77.4 Å². The molecule has 0 fully saturated rings. The molecule has 0 aliphatic carbocycles. The number of para-hydroxylation sites is 2. The normalized spacial score (nSPS) is 12.1. The van der Waals surface area contributed by atoms with E-state index < -0.39 is 5.92 Å². The molecule has 1 atom stereocenters. The first-order valence-electron chi connectivity index (χ1n) is 8.13. The van der Waals surface area contributed by atoms with Crippen molar-refractivity contribution in [2.24, 2.45) is 0 Å². The minimum atomic E-state index is -0.442. The Morgan fingerprint density at radius 1 is 1.16 bits per heavy atom. The van der Waals surface area contributed by atoms with E-state index in [9.17, 15) is 10.1 Å². The molecule has 6 heteroatoms. The summed E-state index contributed by atoms with van der Waals surface area (Å²) in [6, 6.07) is 13.3. The van der Waals surface area contributed by atoms with E-state index >= 15 is 0 Å². The van der Waals surface area contributed by atoms with Crippen LogP contribution in [0.1, 0.15) is 24.0 Å². The van der Waals surface area contributed by atoms with Crippen LogP contribution in [0.5, 0.6) is 11.5 Å². The van der Waals surface area contributed by atoms with Crippen molar-refractivity contribution < 1.29 is 14.4 Å². The number of methoxy groups -OCH3 is 1. The maximum Gasteiger partial charge on any atom is 0.214 e. The second kappa shape index (κ2) is 7.25. The summed E-state index contributed by atoms with van der Waals surface area (Å²) in [4.78, 5) is 14.3. The van der Waals surface area contributed by atoms with E-state index in [1.807, 2.05) is 49.5 Å². The summed E-state index contributed by atoms with van der Waals surface area (Å²) >= 11 is 0. The van der Waals surface area contributed by atoms with Crippen LogP contribution in [-0.2, 0) is 0 Å². The maximum atomic E-state index is 11.4. The molecule has 6 nitrogen and oxygen atoms in total. The number of ether oxygens (including phenoxy) is 2. The van der Waals surface area contributed by atoms with Gasteiger partial charge in [-0.05, 0) is 24.6 Å². The number of aromatic amines is 1. The lowest BCUT2D eigenvalue weighted by Gasteiger charge is -2.19. The molecule has 0 spiro atoms. The van der Waals surface area contributed by atoms with Gasteiger partial charge in [-0.25, -0.2) is 0 Å². The van der Waals surface area contributed by atoms with Gasteiger partial charge in [0.15, 0.2) is 11.5 Å². The zero-order valence-electron chi connectivity index (χ0n) is 14.2. The average molecular weight is 340 g/mol. The number of nitro groups is 1. The Kier molecular flexibility index (Phi) is 4.88. The molecule has 3 aromatic rings. The number of benzene rings is 2. The van der Waals surface area contributed by atoms with Crippen LogP contribution in [0, 0.1) is 10.1 Å². The Morgan fingerprint density at radius 3 is 2.68 bits per heavy atom. The van der Waals surface area contributed by atoms with E-state index in [1.165, 1.54) is 0 Å². The van der Waals surface area contributed by atoms with Gasteiger partial charge in [0.25, 0.3) is 0 Å². The number of fused-ring (bicyclic) bond motifs is 1. The van der Waals surface area contributed by atoms with Crippen molar-refractivity contribution >= 4 is 10.9 Å². The van der Waals surface area contributed by atoms with Gasteiger partial charge >= 0.3 is 0 Å².